The van der Waals surface area contributed by atoms with Crippen molar-refractivity contribution >= 4 is 31.5 Å². The van der Waals surface area contributed by atoms with Gasteiger partial charge in [-0.25, -0.2) is 8.42 Å². The smallest absolute Gasteiger partial charge is 0.212 e. The van der Waals surface area contributed by atoms with Gasteiger partial charge in [0.25, 0.3) is 0 Å². The Morgan fingerprint density at radius 1 is 1.46 bits per heavy atom. The molecular formula is C8H13ClO2S2. The Balaban J connectivity index is 2.47. The predicted octanol–water partition coefficient (Wildman–Crippen LogP) is 2.25. The second-order valence-electron chi connectivity index (χ2n) is 3.23. The van der Waals surface area contributed by atoms with Crippen LogP contribution in [0.2, 0.25) is 0 Å². The van der Waals surface area contributed by atoms with Gasteiger partial charge in [-0.2, -0.15) is 11.8 Å². The largest absolute Gasteiger partial charge is 0.236 e. The van der Waals surface area contributed by atoms with E-state index in [9.17, 15) is 8.42 Å². The molecule has 2 nitrogen and oxygen atoms in total. The van der Waals surface area contributed by atoms with Crippen LogP contribution in [0.1, 0.15) is 12.8 Å². The van der Waals surface area contributed by atoms with E-state index in [1.54, 1.807) is 0 Å². The Labute approximate surface area is 88.2 Å². The molecule has 1 fully saturated rings. The molecule has 76 valence electrons. The van der Waals surface area contributed by atoms with Crippen molar-refractivity contribution in [2.45, 2.75) is 12.8 Å². The lowest BCUT2D eigenvalue weighted by Crippen LogP contribution is -2.15. The van der Waals surface area contributed by atoms with Crippen LogP contribution in [0, 0.1) is 5.92 Å². The average molecular weight is 241 g/mol. The zero-order valence-corrected chi connectivity index (χ0v) is 9.72. The molecule has 1 rings (SSSR count). The Bertz CT molecular complexity index is 279. The highest BCUT2D eigenvalue weighted by Gasteiger charge is 2.19. The monoisotopic (exact) mass is 240 g/mol. The molecule has 13 heavy (non-hydrogen) atoms. The Hall–Kier alpha value is 0.330. The molecule has 0 unspecified atom stereocenters. The van der Waals surface area contributed by atoms with Crippen molar-refractivity contribution in [3.05, 3.63) is 12.2 Å². The summed E-state index contributed by atoms with van der Waals surface area (Å²) in [7, 11) is 1.75. The molecule has 0 aliphatic carbocycles. The van der Waals surface area contributed by atoms with Crippen LogP contribution in [-0.4, -0.2) is 25.7 Å². The van der Waals surface area contributed by atoms with Gasteiger partial charge in [-0.15, -0.1) is 0 Å². The van der Waals surface area contributed by atoms with Crippen molar-refractivity contribution in [3.8, 4) is 0 Å². The van der Waals surface area contributed by atoms with Crippen molar-refractivity contribution in [2.75, 3.05) is 17.3 Å². The molecule has 1 aliphatic rings. The van der Waals surface area contributed by atoms with Gasteiger partial charge in [0.05, 0.1) is 5.75 Å². The minimum absolute atomic E-state index is 0.0656. The summed E-state index contributed by atoms with van der Waals surface area (Å²) in [6, 6.07) is 0. The fourth-order valence-electron chi connectivity index (χ4n) is 1.45. The molecule has 0 amide bonds. The van der Waals surface area contributed by atoms with Gasteiger partial charge >= 0.3 is 0 Å². The molecule has 1 aliphatic heterocycles. The lowest BCUT2D eigenvalue weighted by atomic mass is 9.96. The van der Waals surface area contributed by atoms with E-state index in [-0.39, 0.29) is 5.75 Å². The molecule has 0 aromatic heterocycles. The maximum absolute atomic E-state index is 10.8. The van der Waals surface area contributed by atoms with Crippen molar-refractivity contribution in [2.24, 2.45) is 5.92 Å². The van der Waals surface area contributed by atoms with Gasteiger partial charge in [-0.3, -0.25) is 0 Å². The first-order valence-electron chi connectivity index (χ1n) is 4.17. The van der Waals surface area contributed by atoms with E-state index in [0.717, 1.165) is 29.9 Å². The minimum atomic E-state index is -3.41. The Kier molecular flexibility index (Phi) is 4.13. The molecular weight excluding hydrogens is 228 g/mol. The lowest BCUT2D eigenvalue weighted by molar-refractivity contribution is 0.564. The number of thioether (sulfide) groups is 1. The molecule has 0 aromatic carbocycles. The molecule has 0 saturated carbocycles. The summed E-state index contributed by atoms with van der Waals surface area (Å²) < 4.78 is 21.6. The van der Waals surface area contributed by atoms with Crippen LogP contribution < -0.4 is 0 Å². The normalized spacial score (nSPS) is 20.1. The summed E-state index contributed by atoms with van der Waals surface area (Å²) >= 11 is 1.91. The highest BCUT2D eigenvalue weighted by atomic mass is 35.7. The Morgan fingerprint density at radius 3 is 2.46 bits per heavy atom. The van der Waals surface area contributed by atoms with Gasteiger partial charge in [-0.05, 0) is 30.3 Å². The highest BCUT2D eigenvalue weighted by Crippen LogP contribution is 2.28. The van der Waals surface area contributed by atoms with Crippen LogP contribution in [0.15, 0.2) is 12.2 Å². The zero-order chi connectivity index (χ0) is 9.90. The number of hydrogen-bond acceptors (Lipinski definition) is 3. The van der Waals surface area contributed by atoms with E-state index < -0.39 is 9.05 Å². The molecule has 0 atom stereocenters. The fraction of sp³-hybridized carbons (Fsp3) is 0.750. The van der Waals surface area contributed by atoms with Crippen molar-refractivity contribution in [3.63, 3.8) is 0 Å². The van der Waals surface area contributed by atoms with E-state index in [1.807, 2.05) is 11.8 Å². The van der Waals surface area contributed by atoms with E-state index in [4.69, 9.17) is 10.7 Å². The van der Waals surface area contributed by atoms with Crippen LogP contribution in [-0.2, 0) is 9.05 Å². The van der Waals surface area contributed by atoms with Gasteiger partial charge < -0.3 is 0 Å². The maximum Gasteiger partial charge on any atom is 0.236 e. The van der Waals surface area contributed by atoms with Crippen LogP contribution >= 0.6 is 22.4 Å². The van der Waals surface area contributed by atoms with Gasteiger partial charge in [0, 0.05) is 10.7 Å². The lowest BCUT2D eigenvalue weighted by Gasteiger charge is -2.22. The third kappa shape index (κ3) is 4.38. The van der Waals surface area contributed by atoms with Gasteiger partial charge in [0.2, 0.25) is 9.05 Å². The second-order valence-corrected chi connectivity index (χ2v) is 7.23. The van der Waals surface area contributed by atoms with Crippen molar-refractivity contribution < 1.29 is 8.42 Å². The summed E-state index contributed by atoms with van der Waals surface area (Å²) in [5.41, 5.74) is 0.773. The molecule has 1 saturated heterocycles. The van der Waals surface area contributed by atoms with E-state index >= 15 is 0 Å². The first kappa shape index (κ1) is 11.4. The van der Waals surface area contributed by atoms with Gasteiger partial charge in [-0.1, -0.05) is 12.2 Å². The van der Waals surface area contributed by atoms with Crippen LogP contribution in [0.25, 0.3) is 0 Å². The fourth-order valence-corrected chi connectivity index (χ4v) is 3.65. The summed E-state index contributed by atoms with van der Waals surface area (Å²) in [5, 5.41) is 0. The maximum atomic E-state index is 10.8. The standard InChI is InChI=1S/C8H13ClO2S2/c1-7(6-13(9,10)11)8-2-4-12-5-3-8/h8H,1-6H2. The predicted molar refractivity (Wildman–Crippen MR) is 58.8 cm³/mol. The summed E-state index contributed by atoms with van der Waals surface area (Å²) in [6.07, 6.45) is 2.08. The third-order valence-electron chi connectivity index (χ3n) is 2.16. The van der Waals surface area contributed by atoms with Crippen molar-refractivity contribution in [1.82, 2.24) is 0 Å². The average Bonchev–Trinajstić information content (AvgIpc) is 2.03. The van der Waals surface area contributed by atoms with E-state index in [2.05, 4.69) is 6.58 Å². The second kappa shape index (κ2) is 4.71. The molecule has 0 bridgehead atoms. The zero-order valence-electron chi connectivity index (χ0n) is 7.33. The van der Waals surface area contributed by atoms with Crippen LogP contribution in [0.3, 0.4) is 0 Å². The number of halogens is 1. The van der Waals surface area contributed by atoms with Gasteiger partial charge in [0.1, 0.15) is 0 Å². The van der Waals surface area contributed by atoms with Crippen molar-refractivity contribution in [1.29, 1.82) is 0 Å². The molecule has 0 radical (unpaired) electrons. The first-order valence-corrected chi connectivity index (χ1v) is 7.80. The van der Waals surface area contributed by atoms with E-state index in [0.29, 0.717) is 5.92 Å². The molecule has 1 heterocycles. The molecule has 0 aromatic rings. The summed E-state index contributed by atoms with van der Waals surface area (Å²) in [5.74, 6) is 2.50. The summed E-state index contributed by atoms with van der Waals surface area (Å²) in [4.78, 5) is 0. The number of rotatable bonds is 3. The van der Waals surface area contributed by atoms with Gasteiger partial charge in [0.15, 0.2) is 0 Å². The van der Waals surface area contributed by atoms with E-state index in [1.165, 1.54) is 0 Å². The third-order valence-corrected chi connectivity index (χ3v) is 4.25. The summed E-state index contributed by atoms with van der Waals surface area (Å²) in [6.45, 7) is 3.79. The molecule has 0 N–H and O–H groups in total. The highest BCUT2D eigenvalue weighted by molar-refractivity contribution is 8.13. The Morgan fingerprint density at radius 2 is 2.00 bits per heavy atom. The first-order chi connectivity index (χ1) is 5.99. The van der Waals surface area contributed by atoms with Crippen LogP contribution in [0.4, 0.5) is 0 Å². The van der Waals surface area contributed by atoms with Crippen LogP contribution in [0.5, 0.6) is 0 Å². The minimum Gasteiger partial charge on any atom is -0.212 e. The molecule has 5 heteroatoms. The topological polar surface area (TPSA) is 34.1 Å². The SMILES string of the molecule is C=C(CS(=O)(=O)Cl)C1CCSCC1. The number of hydrogen-bond donors (Lipinski definition) is 0. The molecule has 0 spiro atoms. The quantitative estimate of drug-likeness (QED) is 0.561.